The van der Waals surface area contributed by atoms with Gasteiger partial charge in [0, 0.05) is 17.7 Å². The number of aliphatic hydroxyl groups is 2. The first-order valence-corrected chi connectivity index (χ1v) is 20.5. The number of esters is 1. The van der Waals surface area contributed by atoms with Crippen LogP contribution in [0, 0.1) is 17.3 Å². The number of carbonyl (C=O) groups excluding carboxylic acids is 1. The molecule has 0 amide bonds. The fraction of sp³-hybridized carbons (Fsp3) is 0.833. The molecule has 4 nitrogen and oxygen atoms in total. The summed E-state index contributed by atoms with van der Waals surface area (Å²) in [5, 5.41) is 21.3. The van der Waals surface area contributed by atoms with E-state index in [1.54, 1.807) is 0 Å². The Labute approximate surface area is 295 Å². The maximum Gasteiger partial charge on any atom is 0.306 e. The predicted octanol–water partition coefficient (Wildman–Crippen LogP) is 12.0. The topological polar surface area (TPSA) is 66.8 Å². The summed E-state index contributed by atoms with van der Waals surface area (Å²) < 4.78 is 5.37. The monoisotopic (exact) mass is 677 g/mol. The van der Waals surface area contributed by atoms with E-state index in [0.29, 0.717) is 25.9 Å². The van der Waals surface area contributed by atoms with Crippen LogP contribution in [0.25, 0.3) is 0 Å². The van der Waals surface area contributed by atoms with E-state index >= 15 is 0 Å². The number of halogens is 1. The zero-order valence-electron chi connectivity index (χ0n) is 30.5. The highest BCUT2D eigenvalue weighted by atomic mass is 35.5. The quantitative estimate of drug-likeness (QED) is 0.0358. The van der Waals surface area contributed by atoms with Gasteiger partial charge < -0.3 is 14.9 Å². The van der Waals surface area contributed by atoms with Crippen LogP contribution < -0.4 is 0 Å². The van der Waals surface area contributed by atoms with Crippen LogP contribution in [0.15, 0.2) is 36.5 Å². The summed E-state index contributed by atoms with van der Waals surface area (Å²) in [6.45, 7) is 4.84. The Hall–Kier alpha value is -1.10. The molecule has 2 N–H and O–H groups in total. The molecule has 2 saturated carbocycles. The number of ether oxygens (including phenoxy) is 1. The molecular formula is C42H73ClO4. The SMILES string of the molecule is CCCCCCCCCCCCCCCCCC=CCOC(=O)CCCC=CC[C@@H]1[C@@H](C=CC[C@H](O)C2(CC)CCC2)[C@H](O)C[C@H]1Cl. The molecule has 0 heterocycles. The van der Waals surface area contributed by atoms with Gasteiger partial charge in [0.15, 0.2) is 0 Å². The molecule has 5 atom stereocenters. The van der Waals surface area contributed by atoms with Gasteiger partial charge in [-0.2, -0.15) is 0 Å². The normalized spacial score (nSPS) is 23.3. The van der Waals surface area contributed by atoms with Crippen LogP contribution in [0.3, 0.4) is 0 Å². The first-order chi connectivity index (χ1) is 22.9. The summed E-state index contributed by atoms with van der Waals surface area (Å²) in [5.41, 5.74) is 0.101. The number of allylic oxidation sites excluding steroid dienone is 3. The van der Waals surface area contributed by atoms with Crippen molar-refractivity contribution in [3.8, 4) is 0 Å². The molecule has 5 heteroatoms. The number of unbranched alkanes of at least 4 members (excludes halogenated alkanes) is 16. The van der Waals surface area contributed by atoms with Crippen LogP contribution in [0.4, 0.5) is 0 Å². The van der Waals surface area contributed by atoms with E-state index < -0.39 is 6.10 Å². The van der Waals surface area contributed by atoms with Crippen molar-refractivity contribution < 1.29 is 19.7 Å². The Kier molecular flexibility index (Phi) is 23.9. The van der Waals surface area contributed by atoms with Gasteiger partial charge in [-0.25, -0.2) is 0 Å². The maximum atomic E-state index is 12.1. The maximum absolute atomic E-state index is 12.1. The molecule has 2 fully saturated rings. The van der Waals surface area contributed by atoms with Crippen LogP contribution in [-0.2, 0) is 9.53 Å². The van der Waals surface area contributed by atoms with E-state index in [-0.39, 0.29) is 34.7 Å². The van der Waals surface area contributed by atoms with Crippen molar-refractivity contribution >= 4 is 17.6 Å². The zero-order valence-corrected chi connectivity index (χ0v) is 31.3. The molecule has 2 aliphatic carbocycles. The summed E-state index contributed by atoms with van der Waals surface area (Å²) in [7, 11) is 0. The van der Waals surface area contributed by atoms with Crippen molar-refractivity contribution in [2.45, 2.75) is 198 Å². The number of hydrogen-bond donors (Lipinski definition) is 2. The molecule has 0 saturated heterocycles. The number of carbonyl (C=O) groups is 1. The third-order valence-corrected chi connectivity index (χ3v) is 11.7. The number of rotatable bonds is 29. The summed E-state index contributed by atoms with van der Waals surface area (Å²) >= 11 is 6.62. The summed E-state index contributed by atoms with van der Waals surface area (Å²) in [4.78, 5) is 12.1. The number of aliphatic hydroxyl groups excluding tert-OH is 2. The van der Waals surface area contributed by atoms with E-state index in [2.05, 4.69) is 44.2 Å². The minimum atomic E-state index is -0.430. The van der Waals surface area contributed by atoms with Crippen LogP contribution in [0.5, 0.6) is 0 Å². The average molecular weight is 677 g/mol. The van der Waals surface area contributed by atoms with Gasteiger partial charge >= 0.3 is 5.97 Å². The largest absolute Gasteiger partial charge is 0.461 e. The molecular weight excluding hydrogens is 604 g/mol. The highest BCUT2D eigenvalue weighted by molar-refractivity contribution is 6.21. The molecule has 0 aromatic rings. The van der Waals surface area contributed by atoms with Gasteiger partial charge in [0.05, 0.1) is 12.2 Å². The van der Waals surface area contributed by atoms with Crippen LogP contribution in [0.1, 0.15) is 181 Å². The highest BCUT2D eigenvalue weighted by Gasteiger charge is 2.42. The van der Waals surface area contributed by atoms with E-state index in [4.69, 9.17) is 16.3 Å². The van der Waals surface area contributed by atoms with Gasteiger partial charge in [-0.05, 0) is 75.5 Å². The van der Waals surface area contributed by atoms with Gasteiger partial charge in [0.2, 0.25) is 0 Å². The molecule has 272 valence electrons. The molecule has 0 aromatic heterocycles. The summed E-state index contributed by atoms with van der Waals surface area (Å²) in [5.74, 6) is 0.0794. The summed E-state index contributed by atoms with van der Waals surface area (Å²) in [6.07, 6.45) is 42.3. The molecule has 0 aliphatic heterocycles. The van der Waals surface area contributed by atoms with Crippen LogP contribution in [0.2, 0.25) is 0 Å². The fourth-order valence-electron chi connectivity index (χ4n) is 7.60. The molecule has 0 unspecified atom stereocenters. The van der Waals surface area contributed by atoms with Crippen molar-refractivity contribution in [2.24, 2.45) is 17.3 Å². The number of alkyl halides is 1. The van der Waals surface area contributed by atoms with E-state index in [1.807, 2.05) is 6.08 Å². The lowest BCUT2D eigenvalue weighted by atomic mass is 9.63. The van der Waals surface area contributed by atoms with Crippen molar-refractivity contribution in [1.82, 2.24) is 0 Å². The second-order valence-corrected chi connectivity index (χ2v) is 15.4. The Morgan fingerprint density at radius 2 is 1.38 bits per heavy atom. The van der Waals surface area contributed by atoms with Crippen LogP contribution in [-0.4, -0.2) is 40.4 Å². The van der Waals surface area contributed by atoms with Crippen LogP contribution >= 0.6 is 11.6 Å². The molecule has 2 rings (SSSR count). The van der Waals surface area contributed by atoms with Gasteiger partial charge in [-0.3, -0.25) is 4.79 Å². The van der Waals surface area contributed by atoms with Gasteiger partial charge in [-0.1, -0.05) is 147 Å². The Morgan fingerprint density at radius 3 is 1.96 bits per heavy atom. The first-order valence-electron chi connectivity index (χ1n) is 20.1. The van der Waals surface area contributed by atoms with Gasteiger partial charge in [0.25, 0.3) is 0 Å². The van der Waals surface area contributed by atoms with Crippen molar-refractivity contribution in [3.63, 3.8) is 0 Å². The smallest absolute Gasteiger partial charge is 0.306 e. The average Bonchev–Trinajstić information content (AvgIpc) is 3.30. The third-order valence-electron chi connectivity index (χ3n) is 11.2. The third kappa shape index (κ3) is 17.9. The highest BCUT2D eigenvalue weighted by Crippen LogP contribution is 2.48. The molecule has 0 aromatic carbocycles. The Morgan fingerprint density at radius 1 is 0.809 bits per heavy atom. The minimum Gasteiger partial charge on any atom is -0.461 e. The fourth-order valence-corrected chi connectivity index (χ4v) is 8.05. The lowest BCUT2D eigenvalue weighted by Crippen LogP contribution is -2.40. The first kappa shape index (κ1) is 42.1. The molecule has 0 radical (unpaired) electrons. The van der Waals surface area contributed by atoms with Crippen molar-refractivity contribution in [2.75, 3.05) is 6.61 Å². The predicted molar refractivity (Wildman–Crippen MR) is 201 cm³/mol. The van der Waals surface area contributed by atoms with Crippen molar-refractivity contribution in [1.29, 1.82) is 0 Å². The lowest BCUT2D eigenvalue weighted by Gasteiger charge is -2.45. The van der Waals surface area contributed by atoms with E-state index in [1.165, 1.54) is 103 Å². The zero-order chi connectivity index (χ0) is 34.0. The molecule has 2 aliphatic rings. The van der Waals surface area contributed by atoms with Crippen molar-refractivity contribution in [3.05, 3.63) is 36.5 Å². The molecule has 47 heavy (non-hydrogen) atoms. The van der Waals surface area contributed by atoms with E-state index in [9.17, 15) is 15.0 Å². The Balaban J connectivity index is 1.42. The lowest BCUT2D eigenvalue weighted by molar-refractivity contribution is -0.142. The Bertz CT molecular complexity index is 857. The minimum absolute atomic E-state index is 0.0237. The second-order valence-electron chi connectivity index (χ2n) is 14.8. The molecule has 0 spiro atoms. The van der Waals surface area contributed by atoms with E-state index in [0.717, 1.165) is 44.9 Å². The standard InChI is InChI=1S/C42H73ClO4/c1-3-5-6-7-8-9-10-11-12-13-14-15-16-17-18-19-22-25-34-47-41(46)31-24-21-20-23-28-36-37(39(44)35-38(36)43)29-26-30-40(45)42(4-2)32-27-33-42/h20,22-23,25-26,29,36-40,44-45H,3-19,21,24,27-28,30-35H2,1-2H3/t36-,37-,38-,39-,40+/m1/s1. The van der Waals surface area contributed by atoms with Gasteiger partial charge in [-0.15, -0.1) is 11.6 Å². The van der Waals surface area contributed by atoms with Gasteiger partial charge in [0.1, 0.15) is 6.61 Å². The summed E-state index contributed by atoms with van der Waals surface area (Å²) in [6, 6.07) is 0. The number of hydrogen-bond acceptors (Lipinski definition) is 4. The second kappa shape index (κ2) is 26.7. The molecule has 0 bridgehead atoms.